The Morgan fingerprint density at radius 2 is 2.21 bits per heavy atom. The van der Waals surface area contributed by atoms with Crippen molar-refractivity contribution < 1.29 is 4.74 Å². The van der Waals surface area contributed by atoms with E-state index in [9.17, 15) is 0 Å². The molecular formula is C12H23NO. The highest BCUT2D eigenvalue weighted by Crippen LogP contribution is 2.20. The highest BCUT2D eigenvalue weighted by atomic mass is 16.5. The summed E-state index contributed by atoms with van der Waals surface area (Å²) in [5.41, 5.74) is 7.53. The molecule has 0 radical (unpaired) electrons. The lowest BCUT2D eigenvalue weighted by Gasteiger charge is -2.18. The highest BCUT2D eigenvalue weighted by molar-refractivity contribution is 5.06. The summed E-state index contributed by atoms with van der Waals surface area (Å²) < 4.78 is 5.49. The molecule has 0 heterocycles. The molecule has 1 rings (SSSR count). The Kier molecular flexibility index (Phi) is 5.20. The van der Waals surface area contributed by atoms with Gasteiger partial charge in [-0.3, -0.25) is 0 Å². The fourth-order valence-electron chi connectivity index (χ4n) is 1.80. The highest BCUT2D eigenvalue weighted by Gasteiger charge is 2.09. The van der Waals surface area contributed by atoms with Crippen molar-refractivity contribution in [3.63, 3.8) is 0 Å². The molecule has 2 N–H and O–H groups in total. The summed E-state index contributed by atoms with van der Waals surface area (Å²) in [6.45, 7) is 4.79. The van der Waals surface area contributed by atoms with Gasteiger partial charge in [0.1, 0.15) is 0 Å². The molecular weight excluding hydrogens is 174 g/mol. The van der Waals surface area contributed by atoms with Gasteiger partial charge in [0.2, 0.25) is 0 Å². The van der Waals surface area contributed by atoms with Gasteiger partial charge in [-0.25, -0.2) is 0 Å². The lowest BCUT2D eigenvalue weighted by atomic mass is 9.95. The van der Waals surface area contributed by atoms with Gasteiger partial charge >= 0.3 is 0 Å². The van der Waals surface area contributed by atoms with E-state index >= 15 is 0 Å². The molecule has 0 aliphatic heterocycles. The zero-order chi connectivity index (χ0) is 10.4. The van der Waals surface area contributed by atoms with Crippen LogP contribution in [-0.2, 0) is 4.74 Å². The normalized spacial score (nSPS) is 19.6. The molecule has 0 saturated heterocycles. The monoisotopic (exact) mass is 197 g/mol. The molecule has 14 heavy (non-hydrogen) atoms. The number of ether oxygens (including phenoxy) is 1. The van der Waals surface area contributed by atoms with Crippen molar-refractivity contribution in [3.8, 4) is 0 Å². The second kappa shape index (κ2) is 6.20. The van der Waals surface area contributed by atoms with E-state index in [4.69, 9.17) is 10.5 Å². The van der Waals surface area contributed by atoms with Gasteiger partial charge in [0.15, 0.2) is 0 Å². The van der Waals surface area contributed by atoms with E-state index in [0.29, 0.717) is 12.7 Å². The Balaban J connectivity index is 2.18. The van der Waals surface area contributed by atoms with Crippen LogP contribution in [0, 0.1) is 0 Å². The van der Waals surface area contributed by atoms with Crippen LogP contribution in [0.5, 0.6) is 0 Å². The lowest BCUT2D eigenvalue weighted by molar-refractivity contribution is 0.0682. The Morgan fingerprint density at radius 3 is 2.79 bits per heavy atom. The van der Waals surface area contributed by atoms with Crippen LogP contribution < -0.4 is 5.73 Å². The lowest BCUT2D eigenvalue weighted by Crippen LogP contribution is -2.28. The Labute approximate surface area is 87.5 Å². The molecule has 0 spiro atoms. The molecule has 0 fully saturated rings. The molecule has 0 aromatic heterocycles. The first-order valence-electron chi connectivity index (χ1n) is 5.73. The summed E-state index contributed by atoms with van der Waals surface area (Å²) in [4.78, 5) is 0. The van der Waals surface area contributed by atoms with Crippen LogP contribution in [0.4, 0.5) is 0 Å². The average molecular weight is 197 g/mol. The minimum absolute atomic E-state index is 0.182. The van der Waals surface area contributed by atoms with E-state index in [1.165, 1.54) is 31.3 Å². The van der Waals surface area contributed by atoms with Crippen molar-refractivity contribution in [2.45, 2.75) is 58.1 Å². The summed E-state index contributed by atoms with van der Waals surface area (Å²) >= 11 is 0. The number of nitrogens with two attached hydrogens (primary N) is 1. The van der Waals surface area contributed by atoms with Crippen molar-refractivity contribution in [2.24, 2.45) is 5.73 Å². The van der Waals surface area contributed by atoms with Crippen LogP contribution in [-0.4, -0.2) is 18.8 Å². The van der Waals surface area contributed by atoms with E-state index in [0.717, 1.165) is 6.42 Å². The van der Waals surface area contributed by atoms with E-state index in [2.05, 4.69) is 6.08 Å². The first-order valence-corrected chi connectivity index (χ1v) is 5.73. The zero-order valence-corrected chi connectivity index (χ0v) is 9.46. The fraction of sp³-hybridized carbons (Fsp3) is 0.833. The average Bonchev–Trinajstić information content (AvgIpc) is 2.16. The maximum atomic E-state index is 5.99. The third kappa shape index (κ3) is 4.77. The van der Waals surface area contributed by atoms with Crippen molar-refractivity contribution in [1.29, 1.82) is 0 Å². The molecule has 0 aromatic carbocycles. The summed E-state index contributed by atoms with van der Waals surface area (Å²) in [7, 11) is 0. The number of hydrogen-bond donors (Lipinski definition) is 1. The second-order valence-corrected chi connectivity index (χ2v) is 4.45. The van der Waals surface area contributed by atoms with Gasteiger partial charge in [-0.1, -0.05) is 11.6 Å². The summed E-state index contributed by atoms with van der Waals surface area (Å²) in [5.74, 6) is 0. The molecule has 0 bridgehead atoms. The summed E-state index contributed by atoms with van der Waals surface area (Å²) in [6, 6.07) is 0.182. The molecule has 0 saturated carbocycles. The third-order valence-corrected chi connectivity index (χ3v) is 2.55. The maximum Gasteiger partial charge on any atom is 0.0624 e. The molecule has 2 nitrogen and oxygen atoms in total. The predicted octanol–water partition coefficient (Wildman–Crippen LogP) is 2.63. The van der Waals surface area contributed by atoms with Gasteiger partial charge in [-0.2, -0.15) is 0 Å². The number of rotatable bonds is 5. The summed E-state index contributed by atoms with van der Waals surface area (Å²) in [6.07, 6.45) is 8.85. The van der Waals surface area contributed by atoms with E-state index in [1.807, 2.05) is 13.8 Å². The largest absolute Gasteiger partial charge is 0.377 e. The van der Waals surface area contributed by atoms with E-state index < -0.39 is 0 Å². The maximum absolute atomic E-state index is 5.99. The minimum atomic E-state index is 0.182. The van der Waals surface area contributed by atoms with Gasteiger partial charge in [0.25, 0.3) is 0 Å². The fourth-order valence-corrected chi connectivity index (χ4v) is 1.80. The first-order chi connectivity index (χ1) is 6.68. The van der Waals surface area contributed by atoms with Crippen molar-refractivity contribution in [2.75, 3.05) is 6.61 Å². The molecule has 2 heteroatoms. The molecule has 0 aromatic rings. The van der Waals surface area contributed by atoms with Gasteiger partial charge < -0.3 is 10.5 Å². The number of allylic oxidation sites excluding steroid dienone is 1. The molecule has 1 atom stereocenters. The third-order valence-electron chi connectivity index (χ3n) is 2.55. The smallest absolute Gasteiger partial charge is 0.0624 e. The van der Waals surface area contributed by atoms with E-state index in [1.54, 1.807) is 0 Å². The summed E-state index contributed by atoms with van der Waals surface area (Å²) in [5, 5.41) is 0. The first kappa shape index (κ1) is 11.7. The quantitative estimate of drug-likeness (QED) is 0.688. The molecule has 1 unspecified atom stereocenters. The van der Waals surface area contributed by atoms with Crippen molar-refractivity contribution in [3.05, 3.63) is 11.6 Å². The van der Waals surface area contributed by atoms with Crippen LogP contribution in [0.25, 0.3) is 0 Å². The zero-order valence-electron chi connectivity index (χ0n) is 9.46. The standard InChI is InChI=1S/C12H23NO/c1-10(2)14-9-12(13)8-11-6-4-3-5-7-11/h6,10,12H,3-5,7-9,13H2,1-2H3. The van der Waals surface area contributed by atoms with Crippen LogP contribution >= 0.6 is 0 Å². The Bertz CT molecular complexity index is 187. The minimum Gasteiger partial charge on any atom is -0.377 e. The predicted molar refractivity (Wildman–Crippen MR) is 60.2 cm³/mol. The van der Waals surface area contributed by atoms with Crippen LogP contribution in [0.1, 0.15) is 46.0 Å². The van der Waals surface area contributed by atoms with Gasteiger partial charge in [0, 0.05) is 6.04 Å². The number of hydrogen-bond acceptors (Lipinski definition) is 2. The second-order valence-electron chi connectivity index (χ2n) is 4.45. The molecule has 1 aliphatic carbocycles. The van der Waals surface area contributed by atoms with Gasteiger partial charge in [-0.15, -0.1) is 0 Å². The topological polar surface area (TPSA) is 35.2 Å². The van der Waals surface area contributed by atoms with E-state index in [-0.39, 0.29) is 6.04 Å². The van der Waals surface area contributed by atoms with Crippen LogP contribution in [0.15, 0.2) is 11.6 Å². The van der Waals surface area contributed by atoms with Crippen molar-refractivity contribution in [1.82, 2.24) is 0 Å². The van der Waals surface area contributed by atoms with Crippen LogP contribution in [0.2, 0.25) is 0 Å². The molecule has 0 amide bonds. The SMILES string of the molecule is CC(C)OCC(N)CC1=CCCCC1. The Hall–Kier alpha value is -0.340. The van der Waals surface area contributed by atoms with Crippen LogP contribution in [0.3, 0.4) is 0 Å². The molecule has 1 aliphatic rings. The van der Waals surface area contributed by atoms with Gasteiger partial charge in [0.05, 0.1) is 12.7 Å². The van der Waals surface area contributed by atoms with Gasteiger partial charge in [-0.05, 0) is 46.0 Å². The van der Waals surface area contributed by atoms with Crippen molar-refractivity contribution >= 4 is 0 Å². The molecule has 82 valence electrons. The Morgan fingerprint density at radius 1 is 1.43 bits per heavy atom.